The number of carbonyl (C=O) groups excluding carboxylic acids is 1. The number of benzene rings is 1. The number of ether oxygens (including phenoxy) is 3. The molecule has 1 aliphatic heterocycles. The first kappa shape index (κ1) is 25.7. The summed E-state index contributed by atoms with van der Waals surface area (Å²) in [4.78, 5) is 31.8. The highest BCUT2D eigenvalue weighted by Gasteiger charge is 2.34. The number of hydrogen-bond acceptors (Lipinski definition) is 8. The van der Waals surface area contributed by atoms with E-state index in [9.17, 15) is 9.59 Å². The summed E-state index contributed by atoms with van der Waals surface area (Å²) in [7, 11) is 0. The quantitative estimate of drug-likeness (QED) is 0.283. The maximum Gasteiger partial charge on any atom is 0.338 e. The van der Waals surface area contributed by atoms with Crippen molar-refractivity contribution in [2.24, 2.45) is 4.99 Å². The molecule has 1 aliphatic rings. The number of rotatable bonds is 9. The monoisotopic (exact) mass is 572 g/mol. The van der Waals surface area contributed by atoms with E-state index in [0.29, 0.717) is 61.3 Å². The molecule has 1 atom stereocenters. The SMILES string of the molecule is C=CCOc1ccc(C2C(C(=O)OCC)=C(C)N=c3sc(=Cc4ccc(Br)o4)c(=O)n32)cc1OCC. The minimum Gasteiger partial charge on any atom is -0.490 e. The second kappa shape index (κ2) is 11.1. The van der Waals surface area contributed by atoms with Crippen LogP contribution in [-0.2, 0) is 9.53 Å². The van der Waals surface area contributed by atoms with Crippen molar-refractivity contribution in [2.75, 3.05) is 19.8 Å². The first-order chi connectivity index (χ1) is 17.4. The number of carbonyl (C=O) groups is 1. The van der Waals surface area contributed by atoms with E-state index in [1.165, 1.54) is 15.9 Å². The minimum absolute atomic E-state index is 0.193. The van der Waals surface area contributed by atoms with Crippen LogP contribution in [0.4, 0.5) is 0 Å². The lowest BCUT2D eigenvalue weighted by Crippen LogP contribution is -2.40. The van der Waals surface area contributed by atoms with Gasteiger partial charge in [0, 0.05) is 6.08 Å². The van der Waals surface area contributed by atoms with Crippen LogP contribution in [-0.4, -0.2) is 30.4 Å². The van der Waals surface area contributed by atoms with Gasteiger partial charge in [0.1, 0.15) is 12.4 Å². The highest BCUT2D eigenvalue weighted by Crippen LogP contribution is 2.36. The Morgan fingerprint density at radius 1 is 1.22 bits per heavy atom. The summed E-state index contributed by atoms with van der Waals surface area (Å²) in [6, 6.07) is 8.10. The predicted molar refractivity (Wildman–Crippen MR) is 140 cm³/mol. The molecular weight excluding hydrogens is 548 g/mol. The van der Waals surface area contributed by atoms with Gasteiger partial charge in [-0.1, -0.05) is 30.1 Å². The van der Waals surface area contributed by atoms with E-state index in [-0.39, 0.29) is 12.2 Å². The lowest BCUT2D eigenvalue weighted by Gasteiger charge is -2.25. The smallest absolute Gasteiger partial charge is 0.338 e. The topological polar surface area (TPSA) is 92.3 Å². The standard InChI is InChI=1S/C26H25BrN2O6S/c1-5-12-34-18-10-8-16(13-19(18)32-6-2)23-22(25(31)33-7-3)15(4)28-26-29(23)24(30)20(36-26)14-17-9-11-21(27)35-17/h5,8-11,13-14,23H,1,6-7,12H2,2-4H3. The maximum atomic E-state index is 13.6. The Bertz CT molecular complexity index is 1510. The third kappa shape index (κ3) is 5.10. The summed E-state index contributed by atoms with van der Waals surface area (Å²) < 4.78 is 25.0. The summed E-state index contributed by atoms with van der Waals surface area (Å²) in [5, 5.41) is 0. The van der Waals surface area contributed by atoms with Crippen LogP contribution in [0.5, 0.6) is 11.5 Å². The molecule has 3 heterocycles. The van der Waals surface area contributed by atoms with Gasteiger partial charge >= 0.3 is 5.97 Å². The zero-order valence-electron chi connectivity index (χ0n) is 20.1. The van der Waals surface area contributed by atoms with Crippen molar-refractivity contribution in [1.82, 2.24) is 4.57 Å². The van der Waals surface area contributed by atoms with Crippen LogP contribution in [0.2, 0.25) is 0 Å². The number of allylic oxidation sites excluding steroid dienone is 1. The van der Waals surface area contributed by atoms with Crippen molar-refractivity contribution in [3.8, 4) is 11.5 Å². The molecule has 0 amide bonds. The van der Waals surface area contributed by atoms with Crippen molar-refractivity contribution < 1.29 is 23.4 Å². The summed E-state index contributed by atoms with van der Waals surface area (Å²) in [6.07, 6.45) is 3.30. The lowest BCUT2D eigenvalue weighted by atomic mass is 9.95. The number of aromatic nitrogens is 1. The van der Waals surface area contributed by atoms with Gasteiger partial charge in [-0.05, 0) is 66.5 Å². The average molecular weight is 573 g/mol. The molecule has 0 N–H and O–H groups in total. The zero-order chi connectivity index (χ0) is 25.8. The summed E-state index contributed by atoms with van der Waals surface area (Å²) in [6.45, 7) is 9.94. The molecule has 0 saturated carbocycles. The van der Waals surface area contributed by atoms with E-state index in [4.69, 9.17) is 18.6 Å². The Kier molecular flexibility index (Phi) is 7.95. The Hall–Kier alpha value is -3.37. The van der Waals surface area contributed by atoms with Gasteiger partial charge in [-0.15, -0.1) is 0 Å². The fourth-order valence-corrected chi connectivity index (χ4v) is 5.22. The molecule has 2 aromatic heterocycles. The van der Waals surface area contributed by atoms with E-state index in [1.54, 1.807) is 50.3 Å². The van der Waals surface area contributed by atoms with Gasteiger partial charge < -0.3 is 18.6 Å². The Labute approximate surface area is 220 Å². The first-order valence-corrected chi connectivity index (χ1v) is 12.9. The molecule has 1 unspecified atom stereocenters. The lowest BCUT2D eigenvalue weighted by molar-refractivity contribution is -0.139. The molecule has 0 radical (unpaired) electrons. The molecule has 0 aliphatic carbocycles. The van der Waals surface area contributed by atoms with Crippen molar-refractivity contribution >= 4 is 39.3 Å². The third-order valence-corrected chi connectivity index (χ3v) is 6.73. The fourth-order valence-electron chi connectivity index (χ4n) is 3.87. The van der Waals surface area contributed by atoms with Crippen LogP contribution in [0.25, 0.3) is 6.08 Å². The predicted octanol–water partition coefficient (Wildman–Crippen LogP) is 4.12. The van der Waals surface area contributed by atoms with Crippen LogP contribution < -0.4 is 24.4 Å². The molecule has 10 heteroatoms. The Morgan fingerprint density at radius 2 is 2.03 bits per heavy atom. The molecule has 8 nitrogen and oxygen atoms in total. The molecular formula is C26H25BrN2O6S. The molecule has 4 rings (SSSR count). The van der Waals surface area contributed by atoms with E-state index >= 15 is 0 Å². The normalized spacial score (nSPS) is 15.3. The summed E-state index contributed by atoms with van der Waals surface area (Å²) in [5.74, 6) is 1.03. The van der Waals surface area contributed by atoms with E-state index in [0.717, 1.165) is 0 Å². The second-order valence-electron chi connectivity index (χ2n) is 7.68. The van der Waals surface area contributed by atoms with Gasteiger partial charge in [0.05, 0.1) is 35.1 Å². The van der Waals surface area contributed by atoms with Crippen molar-refractivity contribution in [1.29, 1.82) is 0 Å². The zero-order valence-corrected chi connectivity index (χ0v) is 22.5. The number of furan rings is 1. The molecule has 0 saturated heterocycles. The number of hydrogen-bond donors (Lipinski definition) is 0. The Balaban J connectivity index is 1.93. The molecule has 0 fully saturated rings. The highest BCUT2D eigenvalue weighted by atomic mass is 79.9. The fraction of sp³-hybridized carbons (Fsp3) is 0.269. The van der Waals surface area contributed by atoms with Gasteiger partial charge in [0.25, 0.3) is 5.56 Å². The van der Waals surface area contributed by atoms with Crippen LogP contribution in [0.1, 0.15) is 38.1 Å². The number of halogens is 1. The highest BCUT2D eigenvalue weighted by molar-refractivity contribution is 9.10. The average Bonchev–Trinajstić information content (AvgIpc) is 3.39. The third-order valence-electron chi connectivity index (χ3n) is 5.32. The van der Waals surface area contributed by atoms with Crippen LogP contribution in [0, 0.1) is 0 Å². The minimum atomic E-state index is -0.765. The van der Waals surface area contributed by atoms with Gasteiger partial charge in [-0.25, -0.2) is 9.79 Å². The van der Waals surface area contributed by atoms with Crippen LogP contribution in [0.15, 0.2) is 73.1 Å². The molecule has 0 bridgehead atoms. The molecule has 188 valence electrons. The first-order valence-electron chi connectivity index (χ1n) is 11.3. The molecule has 0 spiro atoms. The van der Waals surface area contributed by atoms with Gasteiger partial charge in [-0.3, -0.25) is 9.36 Å². The van der Waals surface area contributed by atoms with Gasteiger partial charge in [-0.2, -0.15) is 0 Å². The largest absolute Gasteiger partial charge is 0.490 e. The van der Waals surface area contributed by atoms with E-state index in [1.807, 2.05) is 13.0 Å². The van der Waals surface area contributed by atoms with Crippen LogP contribution >= 0.6 is 27.3 Å². The molecule has 1 aromatic carbocycles. The van der Waals surface area contributed by atoms with Crippen molar-refractivity contribution in [3.63, 3.8) is 0 Å². The van der Waals surface area contributed by atoms with Gasteiger partial charge in [0.15, 0.2) is 21.0 Å². The number of thiazole rings is 1. The van der Waals surface area contributed by atoms with Crippen molar-refractivity contribution in [2.45, 2.75) is 26.8 Å². The number of esters is 1. The molecule has 3 aromatic rings. The van der Waals surface area contributed by atoms with Crippen molar-refractivity contribution in [3.05, 3.63) is 89.9 Å². The summed E-state index contributed by atoms with van der Waals surface area (Å²) >= 11 is 4.50. The van der Waals surface area contributed by atoms with E-state index in [2.05, 4.69) is 27.5 Å². The van der Waals surface area contributed by atoms with Gasteiger partial charge in [0.2, 0.25) is 0 Å². The number of nitrogens with zero attached hydrogens (tertiary/aromatic N) is 2. The molecule has 36 heavy (non-hydrogen) atoms. The number of fused-ring (bicyclic) bond motifs is 1. The van der Waals surface area contributed by atoms with Crippen LogP contribution in [0.3, 0.4) is 0 Å². The maximum absolute atomic E-state index is 13.6. The van der Waals surface area contributed by atoms with E-state index < -0.39 is 12.0 Å². The summed E-state index contributed by atoms with van der Waals surface area (Å²) in [5.41, 5.74) is 1.14. The Morgan fingerprint density at radius 3 is 2.69 bits per heavy atom. The second-order valence-corrected chi connectivity index (χ2v) is 9.47.